The Morgan fingerprint density at radius 3 is 2.07 bits per heavy atom. The third-order valence-corrected chi connectivity index (χ3v) is 9.90. The third kappa shape index (κ3) is 6.58. The van der Waals surface area contributed by atoms with Crippen LogP contribution < -0.4 is 5.32 Å². The fourth-order valence-corrected chi connectivity index (χ4v) is 3.96. The Bertz CT molecular complexity index is 798. The molecule has 5 heteroatoms. The molecule has 1 amide bonds. The summed E-state index contributed by atoms with van der Waals surface area (Å²) in [6.07, 6.45) is 3.19. The first-order valence-corrected chi connectivity index (χ1v) is 12.9. The van der Waals surface area contributed by atoms with Crippen LogP contribution in [0.4, 0.5) is 4.79 Å². The average molecular weight is 412 g/mol. The number of carbonyl (C=O) groups is 1. The molecule has 0 spiro atoms. The van der Waals surface area contributed by atoms with Gasteiger partial charge < -0.3 is 14.5 Å². The molecule has 0 aromatic heterocycles. The molecule has 0 aliphatic rings. The second-order valence-corrected chi connectivity index (χ2v) is 13.4. The number of hydrogen-bond donors (Lipinski definition) is 1. The van der Waals surface area contributed by atoms with Crippen LogP contribution in [0.5, 0.6) is 0 Å². The van der Waals surface area contributed by atoms with Gasteiger partial charge >= 0.3 is 6.09 Å². The van der Waals surface area contributed by atoms with Gasteiger partial charge in [0.15, 0.2) is 8.32 Å². The first-order valence-electron chi connectivity index (χ1n) is 9.94. The molecule has 2 aromatic carbocycles. The maximum absolute atomic E-state index is 12.1. The van der Waals surface area contributed by atoms with Crippen LogP contribution in [0.15, 0.2) is 66.7 Å². The maximum Gasteiger partial charge on any atom is 0.407 e. The summed E-state index contributed by atoms with van der Waals surface area (Å²) < 4.78 is 11.7. The first kappa shape index (κ1) is 22.9. The lowest BCUT2D eigenvalue weighted by Gasteiger charge is -2.41. The quantitative estimate of drug-likeness (QED) is 0.553. The lowest BCUT2D eigenvalue weighted by Crippen LogP contribution is -2.47. The molecule has 0 fully saturated rings. The Balaban J connectivity index is 2.45. The number of ether oxygens (including phenoxy) is 1. The van der Waals surface area contributed by atoms with E-state index < -0.39 is 14.4 Å². The van der Waals surface area contributed by atoms with E-state index in [0.29, 0.717) is 0 Å². The number of nitrogens with one attached hydrogen (secondary N) is 1. The number of rotatable bonds is 7. The van der Waals surface area contributed by atoms with Crippen molar-refractivity contribution in [2.45, 2.75) is 51.0 Å². The number of methoxy groups -OCH3 is 1. The van der Waals surface area contributed by atoms with Gasteiger partial charge in [0.2, 0.25) is 0 Å². The van der Waals surface area contributed by atoms with Crippen molar-refractivity contribution in [2.75, 3.05) is 7.11 Å². The van der Waals surface area contributed by atoms with Crippen molar-refractivity contribution in [3.05, 3.63) is 77.9 Å². The van der Waals surface area contributed by atoms with Crippen LogP contribution in [0.25, 0.3) is 6.08 Å². The highest BCUT2D eigenvalue weighted by molar-refractivity contribution is 6.74. The summed E-state index contributed by atoms with van der Waals surface area (Å²) in [5.41, 5.74) is 2.08. The molecule has 2 rings (SSSR count). The van der Waals surface area contributed by atoms with Crippen LogP contribution in [0, 0.1) is 0 Å². The number of hydrogen-bond acceptors (Lipinski definition) is 3. The topological polar surface area (TPSA) is 47.6 Å². The van der Waals surface area contributed by atoms with Crippen LogP contribution in [-0.2, 0) is 9.16 Å². The summed E-state index contributed by atoms with van der Waals surface area (Å²) in [4.78, 5) is 12.1. The molecular formula is C24H33NO3Si. The van der Waals surface area contributed by atoms with Crippen molar-refractivity contribution in [1.82, 2.24) is 5.32 Å². The van der Waals surface area contributed by atoms with Gasteiger partial charge in [0.25, 0.3) is 0 Å². The summed E-state index contributed by atoms with van der Waals surface area (Å²) in [5, 5.41) is 3.00. The molecular weight excluding hydrogens is 378 g/mol. The molecule has 2 atom stereocenters. The summed E-state index contributed by atoms with van der Waals surface area (Å²) in [5.74, 6) is 0. The van der Waals surface area contributed by atoms with Gasteiger partial charge in [-0.25, -0.2) is 4.79 Å². The molecule has 0 heterocycles. The molecule has 156 valence electrons. The van der Waals surface area contributed by atoms with Gasteiger partial charge in [0.1, 0.15) is 0 Å². The van der Waals surface area contributed by atoms with Crippen molar-refractivity contribution in [3.63, 3.8) is 0 Å². The fraction of sp³-hybridized carbons (Fsp3) is 0.375. The highest BCUT2D eigenvalue weighted by Gasteiger charge is 2.41. The van der Waals surface area contributed by atoms with E-state index in [2.05, 4.69) is 39.2 Å². The second-order valence-electron chi connectivity index (χ2n) is 8.64. The normalized spacial score (nSPS) is 14.4. The lowest BCUT2D eigenvalue weighted by atomic mass is 10.0. The van der Waals surface area contributed by atoms with Gasteiger partial charge in [-0.05, 0) is 29.3 Å². The second kappa shape index (κ2) is 9.90. The van der Waals surface area contributed by atoms with Gasteiger partial charge in [-0.15, -0.1) is 0 Å². The molecule has 0 bridgehead atoms. The molecule has 2 aromatic rings. The van der Waals surface area contributed by atoms with Gasteiger partial charge in [0, 0.05) is 0 Å². The van der Waals surface area contributed by atoms with Crippen LogP contribution in [0.3, 0.4) is 0 Å². The Morgan fingerprint density at radius 2 is 1.55 bits per heavy atom. The first-order chi connectivity index (χ1) is 13.6. The minimum atomic E-state index is -2.11. The maximum atomic E-state index is 12.1. The van der Waals surface area contributed by atoms with E-state index in [-0.39, 0.29) is 17.2 Å². The zero-order valence-electron chi connectivity index (χ0n) is 18.3. The largest absolute Gasteiger partial charge is 0.453 e. The molecule has 29 heavy (non-hydrogen) atoms. The highest BCUT2D eigenvalue weighted by Crippen LogP contribution is 2.40. The number of carbonyl (C=O) groups excluding carboxylic acids is 1. The number of benzene rings is 2. The van der Waals surface area contributed by atoms with Crippen molar-refractivity contribution >= 4 is 20.5 Å². The van der Waals surface area contributed by atoms with E-state index in [0.717, 1.165) is 11.1 Å². The number of amides is 1. The van der Waals surface area contributed by atoms with E-state index in [9.17, 15) is 4.79 Å². The number of alkyl carbamates (subject to hydrolysis) is 1. The van der Waals surface area contributed by atoms with Crippen molar-refractivity contribution in [2.24, 2.45) is 0 Å². The van der Waals surface area contributed by atoms with Crippen molar-refractivity contribution < 1.29 is 14.0 Å². The van der Waals surface area contributed by atoms with E-state index in [1.807, 2.05) is 72.8 Å². The summed E-state index contributed by atoms with van der Waals surface area (Å²) >= 11 is 0. The van der Waals surface area contributed by atoms with Gasteiger partial charge in [-0.1, -0.05) is 93.6 Å². The average Bonchev–Trinajstić information content (AvgIpc) is 2.70. The fourth-order valence-electron chi connectivity index (χ4n) is 2.68. The molecule has 0 radical (unpaired) electrons. The lowest BCUT2D eigenvalue weighted by molar-refractivity contribution is 0.134. The Morgan fingerprint density at radius 1 is 1.00 bits per heavy atom. The van der Waals surface area contributed by atoms with E-state index in [4.69, 9.17) is 9.16 Å². The van der Waals surface area contributed by atoms with Crippen molar-refractivity contribution in [1.29, 1.82) is 0 Å². The summed E-state index contributed by atoms with van der Waals surface area (Å²) in [6, 6.07) is 19.7. The summed E-state index contributed by atoms with van der Waals surface area (Å²) in [7, 11) is -0.735. The monoisotopic (exact) mass is 411 g/mol. The molecule has 0 aliphatic heterocycles. The van der Waals surface area contributed by atoms with Gasteiger partial charge in [0.05, 0.1) is 19.3 Å². The minimum Gasteiger partial charge on any atom is -0.453 e. The smallest absolute Gasteiger partial charge is 0.407 e. The molecule has 0 saturated heterocycles. The molecule has 0 saturated carbocycles. The predicted octanol–water partition coefficient (Wildman–Crippen LogP) is 6.19. The van der Waals surface area contributed by atoms with Crippen LogP contribution in [0.1, 0.15) is 38.0 Å². The molecule has 0 unspecified atom stereocenters. The third-order valence-electron chi connectivity index (χ3n) is 5.45. The van der Waals surface area contributed by atoms with Crippen LogP contribution in [0.2, 0.25) is 18.1 Å². The minimum absolute atomic E-state index is 0.0407. The Labute approximate surface area is 176 Å². The molecule has 1 N–H and O–H groups in total. The predicted molar refractivity (Wildman–Crippen MR) is 122 cm³/mol. The zero-order chi connectivity index (χ0) is 21.5. The van der Waals surface area contributed by atoms with E-state index in [1.54, 1.807) is 0 Å². The standard InChI is InChI=1S/C24H33NO3Si/c1-24(2,3)29(5,6)28-22(20-15-11-8-12-16-20)21(25-23(26)27-4)18-17-19-13-9-7-10-14-19/h7-18,21-22H,1-6H3,(H,25,26)/b18-17+/t21-,22-/m0/s1. The van der Waals surface area contributed by atoms with Gasteiger partial charge in [-0.3, -0.25) is 0 Å². The van der Waals surface area contributed by atoms with Gasteiger partial charge in [-0.2, -0.15) is 0 Å². The summed E-state index contributed by atoms with van der Waals surface area (Å²) in [6.45, 7) is 11.1. The highest BCUT2D eigenvalue weighted by atomic mass is 28.4. The molecule has 4 nitrogen and oxygen atoms in total. The van der Waals surface area contributed by atoms with Crippen LogP contribution in [-0.4, -0.2) is 27.6 Å². The Kier molecular flexibility index (Phi) is 7.82. The van der Waals surface area contributed by atoms with E-state index in [1.165, 1.54) is 7.11 Å². The van der Waals surface area contributed by atoms with E-state index >= 15 is 0 Å². The SMILES string of the molecule is COC(=O)N[C@@H](/C=C/c1ccccc1)[C@@H](O[Si](C)(C)C(C)(C)C)c1ccccc1. The zero-order valence-corrected chi connectivity index (χ0v) is 19.3. The molecule has 0 aliphatic carbocycles. The van der Waals surface area contributed by atoms with Crippen LogP contribution >= 0.6 is 0 Å². The Hall–Kier alpha value is -2.37. The van der Waals surface area contributed by atoms with Crippen molar-refractivity contribution in [3.8, 4) is 0 Å².